The van der Waals surface area contributed by atoms with Crippen LogP contribution in [0.4, 0.5) is 0 Å². The van der Waals surface area contributed by atoms with Crippen LogP contribution in [-0.4, -0.2) is 5.78 Å². The van der Waals surface area contributed by atoms with Gasteiger partial charge in [0, 0.05) is 0 Å². The Hall–Kier alpha value is -1.89. The van der Waals surface area contributed by atoms with E-state index in [1.165, 1.54) is 5.56 Å². The molecule has 0 amide bonds. The van der Waals surface area contributed by atoms with Crippen molar-refractivity contribution in [3.63, 3.8) is 0 Å². The fraction of sp³-hybridized carbons (Fsp3) is 0.133. The Labute approximate surface area is 96.8 Å². The number of hydrogen-bond acceptors (Lipinski definition) is 1. The number of rotatable bonds is 4. The molecule has 0 aliphatic heterocycles. The molecule has 16 heavy (non-hydrogen) atoms. The van der Waals surface area contributed by atoms with Gasteiger partial charge in [-0.15, -0.1) is 0 Å². The highest BCUT2D eigenvalue weighted by atomic mass is 16.1. The van der Waals surface area contributed by atoms with E-state index in [1.807, 2.05) is 67.6 Å². The number of allylic oxidation sites excluding steroid dienone is 5. The van der Waals surface area contributed by atoms with Gasteiger partial charge in [0.2, 0.25) is 0 Å². The van der Waals surface area contributed by atoms with Crippen LogP contribution < -0.4 is 0 Å². The Morgan fingerprint density at radius 3 is 2.31 bits per heavy atom. The molecule has 0 aromatic heterocycles. The summed E-state index contributed by atoms with van der Waals surface area (Å²) < 4.78 is 0. The molecule has 0 aliphatic rings. The fourth-order valence-electron chi connectivity index (χ4n) is 1.11. The van der Waals surface area contributed by atoms with Gasteiger partial charge in [0.25, 0.3) is 0 Å². The van der Waals surface area contributed by atoms with E-state index in [1.54, 1.807) is 6.92 Å². The van der Waals surface area contributed by atoms with E-state index in [-0.39, 0.29) is 5.78 Å². The molecule has 0 fully saturated rings. The average Bonchev–Trinajstić information content (AvgIpc) is 2.29. The van der Waals surface area contributed by atoms with Gasteiger partial charge in [-0.3, -0.25) is 4.79 Å². The number of carbonyl (C=O) groups excluding carboxylic acids is 1. The van der Waals surface area contributed by atoms with Crippen LogP contribution in [0.1, 0.15) is 19.4 Å². The van der Waals surface area contributed by atoms with Crippen molar-refractivity contribution in [1.82, 2.24) is 0 Å². The highest BCUT2D eigenvalue weighted by molar-refractivity contribution is 5.92. The van der Waals surface area contributed by atoms with E-state index in [4.69, 9.17) is 0 Å². The van der Waals surface area contributed by atoms with Crippen LogP contribution in [0.5, 0.6) is 0 Å². The summed E-state index contributed by atoms with van der Waals surface area (Å²) in [6, 6.07) is 10.1. The lowest BCUT2D eigenvalue weighted by Gasteiger charge is -1.89. The lowest BCUT2D eigenvalue weighted by Crippen LogP contribution is -1.89. The van der Waals surface area contributed by atoms with Gasteiger partial charge in [-0.2, -0.15) is 0 Å². The molecule has 1 aromatic rings. The van der Waals surface area contributed by atoms with E-state index in [0.717, 1.165) is 5.57 Å². The van der Waals surface area contributed by atoms with Crippen LogP contribution in [0.2, 0.25) is 0 Å². The summed E-state index contributed by atoms with van der Waals surface area (Å²) in [7, 11) is 0. The zero-order valence-electron chi connectivity index (χ0n) is 9.68. The first-order valence-electron chi connectivity index (χ1n) is 5.28. The predicted octanol–water partition coefficient (Wildman–Crippen LogP) is 3.79. The molecule has 0 heterocycles. The minimum Gasteiger partial charge on any atom is -0.295 e. The smallest absolute Gasteiger partial charge is 0.155 e. The molecule has 0 radical (unpaired) electrons. The molecule has 0 atom stereocenters. The van der Waals surface area contributed by atoms with Gasteiger partial charge in [0.1, 0.15) is 0 Å². The monoisotopic (exact) mass is 212 g/mol. The maximum Gasteiger partial charge on any atom is 0.155 e. The third-order valence-electron chi connectivity index (χ3n) is 2.21. The largest absolute Gasteiger partial charge is 0.295 e. The van der Waals surface area contributed by atoms with E-state index in [2.05, 4.69) is 0 Å². The Morgan fingerprint density at radius 2 is 1.69 bits per heavy atom. The molecule has 1 rings (SSSR count). The van der Waals surface area contributed by atoms with Crippen molar-refractivity contribution < 1.29 is 4.79 Å². The predicted molar refractivity (Wildman–Crippen MR) is 69.1 cm³/mol. The molecular formula is C15H16O. The molecule has 1 aromatic carbocycles. The van der Waals surface area contributed by atoms with Crippen LogP contribution in [0.25, 0.3) is 6.08 Å². The van der Waals surface area contributed by atoms with Crippen molar-refractivity contribution >= 4 is 11.9 Å². The lowest BCUT2D eigenvalue weighted by atomic mass is 10.2. The second-order valence-electron chi connectivity index (χ2n) is 3.56. The molecular weight excluding hydrogens is 196 g/mol. The van der Waals surface area contributed by atoms with Gasteiger partial charge in [0.15, 0.2) is 5.78 Å². The van der Waals surface area contributed by atoms with Crippen LogP contribution in [-0.2, 0) is 4.79 Å². The standard InChI is InChI=1S/C15H16O/c1-13(14(2)16)9-5-3-6-10-15-11-7-4-8-12-15/h3-12H,1-2H3. The Morgan fingerprint density at radius 1 is 1.00 bits per heavy atom. The Bertz CT molecular complexity index is 422. The van der Waals surface area contributed by atoms with Crippen molar-refractivity contribution in [2.24, 2.45) is 0 Å². The SMILES string of the molecule is CC(=O)C(C)=CC=CC=Cc1ccccc1. The molecule has 0 bridgehead atoms. The molecule has 0 N–H and O–H groups in total. The fourth-order valence-corrected chi connectivity index (χ4v) is 1.11. The highest BCUT2D eigenvalue weighted by Gasteiger charge is 1.90. The van der Waals surface area contributed by atoms with E-state index < -0.39 is 0 Å². The molecule has 82 valence electrons. The van der Waals surface area contributed by atoms with E-state index in [9.17, 15) is 4.79 Å². The molecule has 0 aliphatic carbocycles. The van der Waals surface area contributed by atoms with Crippen molar-refractivity contribution in [2.45, 2.75) is 13.8 Å². The summed E-state index contributed by atoms with van der Waals surface area (Å²) in [6.07, 6.45) is 9.58. The summed E-state index contributed by atoms with van der Waals surface area (Å²) in [5.41, 5.74) is 1.93. The van der Waals surface area contributed by atoms with Gasteiger partial charge < -0.3 is 0 Å². The normalized spacial score (nSPS) is 12.5. The van der Waals surface area contributed by atoms with Crippen molar-refractivity contribution in [3.05, 3.63) is 65.8 Å². The highest BCUT2D eigenvalue weighted by Crippen LogP contribution is 2.01. The summed E-state index contributed by atoms with van der Waals surface area (Å²) in [5, 5.41) is 0. The van der Waals surface area contributed by atoms with Crippen LogP contribution in [0, 0.1) is 0 Å². The second kappa shape index (κ2) is 6.57. The first kappa shape index (κ1) is 12.2. The summed E-state index contributed by atoms with van der Waals surface area (Å²) in [5.74, 6) is 0.108. The van der Waals surface area contributed by atoms with Crippen molar-refractivity contribution in [3.8, 4) is 0 Å². The van der Waals surface area contributed by atoms with Gasteiger partial charge in [-0.05, 0) is 25.0 Å². The number of carbonyl (C=O) groups is 1. The van der Waals surface area contributed by atoms with Gasteiger partial charge in [0.05, 0.1) is 0 Å². The Kier molecular flexibility index (Phi) is 5.00. The van der Waals surface area contributed by atoms with E-state index >= 15 is 0 Å². The maximum atomic E-state index is 10.9. The summed E-state index contributed by atoms with van der Waals surface area (Å²) in [6.45, 7) is 3.38. The number of Topliss-reactive ketones (excluding diaryl/α,β-unsaturated/α-hetero) is 1. The summed E-state index contributed by atoms with van der Waals surface area (Å²) in [4.78, 5) is 10.9. The zero-order valence-corrected chi connectivity index (χ0v) is 9.68. The van der Waals surface area contributed by atoms with Crippen molar-refractivity contribution in [2.75, 3.05) is 0 Å². The molecule has 0 spiro atoms. The van der Waals surface area contributed by atoms with E-state index in [0.29, 0.717) is 0 Å². The third kappa shape index (κ3) is 4.56. The molecule has 0 saturated heterocycles. The van der Waals surface area contributed by atoms with Crippen molar-refractivity contribution in [1.29, 1.82) is 0 Å². The molecule has 1 nitrogen and oxygen atoms in total. The molecule has 1 heteroatoms. The topological polar surface area (TPSA) is 17.1 Å². The van der Waals surface area contributed by atoms with Crippen LogP contribution in [0.15, 0.2) is 60.2 Å². The summed E-state index contributed by atoms with van der Waals surface area (Å²) >= 11 is 0. The van der Waals surface area contributed by atoms with Crippen LogP contribution >= 0.6 is 0 Å². The third-order valence-corrected chi connectivity index (χ3v) is 2.21. The van der Waals surface area contributed by atoms with Gasteiger partial charge >= 0.3 is 0 Å². The average molecular weight is 212 g/mol. The Balaban J connectivity index is 2.52. The molecule has 0 unspecified atom stereocenters. The zero-order chi connectivity index (χ0) is 11.8. The maximum absolute atomic E-state index is 10.9. The first-order chi connectivity index (χ1) is 7.70. The minimum atomic E-state index is 0.108. The lowest BCUT2D eigenvalue weighted by molar-refractivity contribution is -0.113. The van der Waals surface area contributed by atoms with Crippen LogP contribution in [0.3, 0.4) is 0 Å². The van der Waals surface area contributed by atoms with Gasteiger partial charge in [-0.1, -0.05) is 60.7 Å². The number of hydrogen-bond donors (Lipinski definition) is 0. The first-order valence-corrected chi connectivity index (χ1v) is 5.28. The van der Waals surface area contributed by atoms with Gasteiger partial charge in [-0.25, -0.2) is 0 Å². The number of ketones is 1. The minimum absolute atomic E-state index is 0.108. The number of benzene rings is 1. The molecule has 0 saturated carbocycles. The second-order valence-corrected chi connectivity index (χ2v) is 3.56. The quantitative estimate of drug-likeness (QED) is 0.548.